The maximum Gasteiger partial charge on any atom is 0.338 e. The predicted octanol–water partition coefficient (Wildman–Crippen LogP) is 5.07. The van der Waals surface area contributed by atoms with Gasteiger partial charge in [-0.25, -0.2) is 9.79 Å². The number of ether oxygens (including phenoxy) is 2. The molecule has 0 fully saturated rings. The zero-order valence-electron chi connectivity index (χ0n) is 20.7. The van der Waals surface area contributed by atoms with Gasteiger partial charge in [0.05, 0.1) is 34.6 Å². The van der Waals surface area contributed by atoms with Crippen LogP contribution in [-0.2, 0) is 9.53 Å². The smallest absolute Gasteiger partial charge is 0.338 e. The van der Waals surface area contributed by atoms with Gasteiger partial charge in [0.1, 0.15) is 5.75 Å². The Morgan fingerprint density at radius 3 is 2.61 bits per heavy atom. The molecule has 6 nitrogen and oxygen atoms in total. The molecule has 9 heteroatoms. The summed E-state index contributed by atoms with van der Waals surface area (Å²) in [6.07, 6.45) is 3.81. The standard InChI is InChI=1S/C27H27BrN2O4S2/c1-6-33-26(32)23-16(4)29-27-30(24(23)17-7-10-20(35-5)11-8-17)25(31)22(36-27)14-18-13-19(28)9-12-21(18)34-15(2)3/h7-15,24H,6H2,1-5H3/b22-14+/t24-/m0/s1. The monoisotopic (exact) mass is 586 g/mol. The molecular weight excluding hydrogens is 560 g/mol. The lowest BCUT2D eigenvalue weighted by Crippen LogP contribution is -2.39. The molecule has 1 aromatic heterocycles. The minimum atomic E-state index is -0.632. The molecule has 0 radical (unpaired) electrons. The molecule has 1 aliphatic rings. The number of carbonyl (C=O) groups excluding carboxylic acids is 1. The van der Waals surface area contributed by atoms with E-state index in [1.807, 2.05) is 68.6 Å². The van der Waals surface area contributed by atoms with Crippen molar-refractivity contribution >= 4 is 51.1 Å². The van der Waals surface area contributed by atoms with Crippen LogP contribution in [0.1, 0.15) is 44.9 Å². The molecule has 0 bridgehead atoms. The average Bonchev–Trinajstić information content (AvgIpc) is 3.14. The maximum absolute atomic E-state index is 13.8. The van der Waals surface area contributed by atoms with E-state index in [9.17, 15) is 9.59 Å². The molecule has 2 aromatic carbocycles. The van der Waals surface area contributed by atoms with E-state index in [0.29, 0.717) is 26.4 Å². The fourth-order valence-electron chi connectivity index (χ4n) is 4.03. The summed E-state index contributed by atoms with van der Waals surface area (Å²) in [6, 6.07) is 13.0. The van der Waals surface area contributed by atoms with E-state index in [2.05, 4.69) is 20.9 Å². The Hall–Kier alpha value is -2.62. The topological polar surface area (TPSA) is 69.9 Å². The van der Waals surface area contributed by atoms with Crippen LogP contribution in [0.15, 0.2) is 72.9 Å². The first kappa shape index (κ1) is 26.4. The van der Waals surface area contributed by atoms with E-state index < -0.39 is 12.0 Å². The Bertz CT molecular complexity index is 1500. The second-order valence-electron chi connectivity index (χ2n) is 8.42. The van der Waals surface area contributed by atoms with Crippen LogP contribution in [0.4, 0.5) is 0 Å². The molecule has 188 valence electrons. The Balaban J connectivity index is 1.94. The average molecular weight is 588 g/mol. The first-order valence-electron chi connectivity index (χ1n) is 11.5. The fraction of sp³-hybridized carbons (Fsp3) is 0.296. The van der Waals surface area contributed by atoms with Crippen LogP contribution < -0.4 is 19.6 Å². The first-order valence-corrected chi connectivity index (χ1v) is 14.4. The maximum atomic E-state index is 13.8. The molecule has 3 aromatic rings. The van der Waals surface area contributed by atoms with E-state index in [0.717, 1.165) is 20.5 Å². The van der Waals surface area contributed by atoms with E-state index in [1.165, 1.54) is 11.3 Å². The molecule has 0 spiro atoms. The quantitative estimate of drug-likeness (QED) is 0.285. The van der Waals surface area contributed by atoms with Gasteiger partial charge in [-0.1, -0.05) is 39.4 Å². The number of benzene rings is 2. The highest BCUT2D eigenvalue weighted by atomic mass is 79.9. The highest BCUT2D eigenvalue weighted by Crippen LogP contribution is 2.32. The summed E-state index contributed by atoms with van der Waals surface area (Å²) in [6.45, 7) is 7.71. The van der Waals surface area contributed by atoms with Crippen LogP contribution in [0.2, 0.25) is 0 Å². The Morgan fingerprint density at radius 1 is 1.25 bits per heavy atom. The normalized spacial score (nSPS) is 15.6. The van der Waals surface area contributed by atoms with Gasteiger partial charge >= 0.3 is 5.97 Å². The second kappa shape index (κ2) is 11.2. The zero-order valence-corrected chi connectivity index (χ0v) is 23.9. The summed E-state index contributed by atoms with van der Waals surface area (Å²) in [4.78, 5) is 33.1. The van der Waals surface area contributed by atoms with Gasteiger partial charge in [-0.2, -0.15) is 0 Å². The number of thiazole rings is 1. The van der Waals surface area contributed by atoms with Crippen molar-refractivity contribution in [3.05, 3.63) is 89.0 Å². The number of hydrogen-bond donors (Lipinski definition) is 0. The number of halogens is 1. The Morgan fingerprint density at radius 2 is 1.97 bits per heavy atom. The first-order chi connectivity index (χ1) is 17.2. The minimum Gasteiger partial charge on any atom is -0.490 e. The lowest BCUT2D eigenvalue weighted by atomic mass is 9.96. The van der Waals surface area contributed by atoms with E-state index >= 15 is 0 Å². The number of hydrogen-bond acceptors (Lipinski definition) is 7. The minimum absolute atomic E-state index is 0.0152. The van der Waals surface area contributed by atoms with Crippen LogP contribution in [0, 0.1) is 0 Å². The summed E-state index contributed by atoms with van der Waals surface area (Å²) in [5.74, 6) is 0.221. The summed E-state index contributed by atoms with van der Waals surface area (Å²) < 4.78 is 14.3. The van der Waals surface area contributed by atoms with Crippen LogP contribution in [0.3, 0.4) is 0 Å². The molecule has 1 aliphatic heterocycles. The molecular formula is C27H27BrN2O4S2. The van der Waals surface area contributed by atoms with Crippen molar-refractivity contribution < 1.29 is 14.3 Å². The third kappa shape index (κ3) is 5.38. The number of nitrogens with zero attached hydrogens (tertiary/aromatic N) is 2. The van der Waals surface area contributed by atoms with Gasteiger partial charge in [-0.05, 0) is 75.9 Å². The number of rotatable bonds is 7. The number of fused-ring (bicyclic) bond motifs is 1. The number of carbonyl (C=O) groups is 1. The molecule has 0 amide bonds. The molecule has 1 atom stereocenters. The lowest BCUT2D eigenvalue weighted by Gasteiger charge is -2.24. The molecule has 36 heavy (non-hydrogen) atoms. The Kier molecular flexibility index (Phi) is 8.22. The Labute approximate surface area is 226 Å². The van der Waals surface area contributed by atoms with Gasteiger partial charge < -0.3 is 9.47 Å². The zero-order chi connectivity index (χ0) is 26.0. The van der Waals surface area contributed by atoms with Gasteiger partial charge in [0.25, 0.3) is 5.56 Å². The van der Waals surface area contributed by atoms with Crippen molar-refractivity contribution in [1.29, 1.82) is 0 Å². The van der Waals surface area contributed by atoms with Crippen molar-refractivity contribution in [2.75, 3.05) is 12.9 Å². The van der Waals surface area contributed by atoms with Crippen molar-refractivity contribution in [3.63, 3.8) is 0 Å². The summed E-state index contributed by atoms with van der Waals surface area (Å²) >= 11 is 6.44. The third-order valence-corrected chi connectivity index (χ3v) is 7.79. The number of aromatic nitrogens is 1. The third-order valence-electron chi connectivity index (χ3n) is 5.57. The molecule has 0 N–H and O–H groups in total. The molecule has 0 aliphatic carbocycles. The summed E-state index contributed by atoms with van der Waals surface area (Å²) in [5.41, 5.74) is 2.31. The molecule has 0 saturated heterocycles. The summed E-state index contributed by atoms with van der Waals surface area (Å²) in [7, 11) is 0. The van der Waals surface area contributed by atoms with E-state index in [1.54, 1.807) is 30.2 Å². The second-order valence-corrected chi connectivity index (χ2v) is 11.2. The van der Waals surface area contributed by atoms with Crippen molar-refractivity contribution in [2.45, 2.75) is 44.7 Å². The highest BCUT2D eigenvalue weighted by Gasteiger charge is 2.33. The van der Waals surface area contributed by atoms with Gasteiger partial charge in [-0.3, -0.25) is 9.36 Å². The highest BCUT2D eigenvalue weighted by molar-refractivity contribution is 9.10. The largest absolute Gasteiger partial charge is 0.490 e. The number of esters is 1. The molecule has 2 heterocycles. The van der Waals surface area contributed by atoms with Crippen LogP contribution >= 0.6 is 39.0 Å². The van der Waals surface area contributed by atoms with Crippen LogP contribution in [-0.4, -0.2) is 29.5 Å². The summed E-state index contributed by atoms with van der Waals surface area (Å²) in [5, 5.41) is 0. The number of thioether (sulfide) groups is 1. The van der Waals surface area contributed by atoms with Crippen LogP contribution in [0.5, 0.6) is 5.75 Å². The van der Waals surface area contributed by atoms with Gasteiger partial charge in [0.15, 0.2) is 4.80 Å². The van der Waals surface area contributed by atoms with Gasteiger partial charge in [0, 0.05) is 14.9 Å². The van der Waals surface area contributed by atoms with E-state index in [-0.39, 0.29) is 18.3 Å². The predicted molar refractivity (Wildman–Crippen MR) is 149 cm³/mol. The van der Waals surface area contributed by atoms with Crippen molar-refractivity contribution in [1.82, 2.24) is 4.57 Å². The van der Waals surface area contributed by atoms with Gasteiger partial charge in [0.2, 0.25) is 0 Å². The van der Waals surface area contributed by atoms with Crippen LogP contribution in [0.25, 0.3) is 6.08 Å². The number of allylic oxidation sites excluding steroid dienone is 1. The van der Waals surface area contributed by atoms with Crippen molar-refractivity contribution in [2.24, 2.45) is 4.99 Å². The molecule has 0 saturated carbocycles. The fourth-order valence-corrected chi connectivity index (χ4v) is 5.85. The van der Waals surface area contributed by atoms with E-state index in [4.69, 9.17) is 9.47 Å². The lowest BCUT2D eigenvalue weighted by molar-refractivity contribution is -0.139. The SMILES string of the molecule is CCOC(=O)C1=C(C)N=c2s/c(=C/c3cc(Br)ccc3OC(C)C)c(=O)n2[C@H]1c1ccc(SC)cc1. The molecule has 0 unspecified atom stereocenters. The molecule has 4 rings (SSSR count). The van der Waals surface area contributed by atoms with Gasteiger partial charge in [-0.15, -0.1) is 11.8 Å². The van der Waals surface area contributed by atoms with Crippen molar-refractivity contribution in [3.8, 4) is 5.75 Å².